The smallest absolute Gasteiger partial charge is 0.338 e. The van der Waals surface area contributed by atoms with Gasteiger partial charge in [-0.3, -0.25) is 10.1 Å². The van der Waals surface area contributed by atoms with Crippen molar-refractivity contribution >= 4 is 17.3 Å². The lowest BCUT2D eigenvalue weighted by molar-refractivity contribution is -0.384. The highest BCUT2D eigenvalue weighted by Crippen LogP contribution is 2.20. The Labute approximate surface area is 140 Å². The molecule has 0 fully saturated rings. The largest absolute Gasteiger partial charge is 0.460 e. The highest BCUT2D eigenvalue weighted by molar-refractivity contribution is 5.89. The Morgan fingerprint density at radius 1 is 1.16 bits per heavy atom. The van der Waals surface area contributed by atoms with Gasteiger partial charge in [-0.05, 0) is 31.2 Å². The predicted octanol–water partition coefficient (Wildman–Crippen LogP) is 3.67. The van der Waals surface area contributed by atoms with Crippen LogP contribution < -0.4 is 5.32 Å². The fraction of sp³-hybridized carbons (Fsp3) is 0.188. The van der Waals surface area contributed by atoms with E-state index in [1.54, 1.807) is 6.92 Å². The number of carbonyl (C=O) groups is 1. The van der Waals surface area contributed by atoms with E-state index >= 15 is 0 Å². The van der Waals surface area contributed by atoms with E-state index in [0.717, 1.165) is 24.3 Å². The molecule has 1 unspecified atom stereocenters. The number of hydrogen-bond acceptors (Lipinski definition) is 5. The normalized spacial score (nSPS) is 11.7. The number of nitrogens with one attached hydrogen (secondary N) is 1. The van der Waals surface area contributed by atoms with Crippen LogP contribution in [0, 0.1) is 27.6 Å². The van der Waals surface area contributed by atoms with Gasteiger partial charge in [-0.15, -0.1) is 0 Å². The molecular weight excluding hydrogens is 341 g/mol. The van der Waals surface area contributed by atoms with Crippen molar-refractivity contribution in [3.05, 3.63) is 69.5 Å². The van der Waals surface area contributed by atoms with E-state index in [0.29, 0.717) is 0 Å². The molecule has 0 saturated carbocycles. The lowest BCUT2D eigenvalue weighted by Gasteiger charge is -2.16. The van der Waals surface area contributed by atoms with E-state index in [1.165, 1.54) is 12.1 Å². The number of ether oxygens (including phenoxy) is 1. The van der Waals surface area contributed by atoms with E-state index in [-0.39, 0.29) is 23.5 Å². The number of nitro groups is 1. The van der Waals surface area contributed by atoms with Crippen molar-refractivity contribution in [2.45, 2.75) is 13.0 Å². The van der Waals surface area contributed by atoms with E-state index in [4.69, 9.17) is 4.74 Å². The maximum atomic E-state index is 13.5. The van der Waals surface area contributed by atoms with E-state index < -0.39 is 34.4 Å². The summed E-state index contributed by atoms with van der Waals surface area (Å²) in [7, 11) is 0. The second-order valence-electron chi connectivity index (χ2n) is 5.17. The number of esters is 1. The standard InChI is InChI=1S/C16H13F3N2O4/c1-9(20-13-7-6-12(17)14(18)15(13)19)8-25-16(22)10-2-4-11(5-3-10)21(23)24/h2-7,9,20H,8H2,1H3. The lowest BCUT2D eigenvalue weighted by atomic mass is 10.2. The highest BCUT2D eigenvalue weighted by atomic mass is 19.2. The first-order valence-corrected chi connectivity index (χ1v) is 7.11. The predicted molar refractivity (Wildman–Crippen MR) is 82.8 cm³/mol. The fourth-order valence-corrected chi connectivity index (χ4v) is 1.95. The minimum Gasteiger partial charge on any atom is -0.460 e. The Kier molecular flexibility index (Phi) is 5.58. The molecule has 25 heavy (non-hydrogen) atoms. The first kappa shape index (κ1) is 18.2. The zero-order valence-corrected chi connectivity index (χ0v) is 13.0. The minimum absolute atomic E-state index is 0.108. The molecule has 9 heteroatoms. The molecule has 0 bridgehead atoms. The summed E-state index contributed by atoms with van der Waals surface area (Å²) in [4.78, 5) is 21.8. The summed E-state index contributed by atoms with van der Waals surface area (Å²) in [6.45, 7) is 1.36. The molecule has 132 valence electrons. The molecule has 0 aliphatic carbocycles. The van der Waals surface area contributed by atoms with Crippen LogP contribution in [0.5, 0.6) is 0 Å². The van der Waals surface area contributed by atoms with Crippen LogP contribution in [0.1, 0.15) is 17.3 Å². The van der Waals surface area contributed by atoms with Gasteiger partial charge in [-0.25, -0.2) is 18.0 Å². The van der Waals surface area contributed by atoms with Crippen molar-refractivity contribution in [1.82, 2.24) is 0 Å². The van der Waals surface area contributed by atoms with Gasteiger partial charge in [0.25, 0.3) is 5.69 Å². The zero-order chi connectivity index (χ0) is 18.6. The quantitative estimate of drug-likeness (QED) is 0.370. The third-order valence-electron chi connectivity index (χ3n) is 3.22. The molecule has 0 amide bonds. The Morgan fingerprint density at radius 3 is 2.40 bits per heavy atom. The van der Waals surface area contributed by atoms with E-state index in [2.05, 4.69) is 5.32 Å². The maximum Gasteiger partial charge on any atom is 0.338 e. The van der Waals surface area contributed by atoms with Gasteiger partial charge in [-0.2, -0.15) is 0 Å². The second kappa shape index (κ2) is 7.65. The summed E-state index contributed by atoms with van der Waals surface area (Å²) in [5, 5.41) is 13.1. The van der Waals surface area contributed by atoms with Gasteiger partial charge in [0.15, 0.2) is 17.5 Å². The van der Waals surface area contributed by atoms with Gasteiger partial charge in [-0.1, -0.05) is 0 Å². The van der Waals surface area contributed by atoms with E-state index in [9.17, 15) is 28.1 Å². The number of rotatable bonds is 6. The van der Waals surface area contributed by atoms with Crippen LogP contribution in [0.4, 0.5) is 24.5 Å². The van der Waals surface area contributed by atoms with Crippen LogP contribution in [-0.2, 0) is 4.74 Å². The highest BCUT2D eigenvalue weighted by Gasteiger charge is 2.16. The monoisotopic (exact) mass is 354 g/mol. The molecule has 2 aromatic carbocycles. The van der Waals surface area contributed by atoms with Gasteiger partial charge in [0.2, 0.25) is 0 Å². The molecule has 0 spiro atoms. The molecule has 0 heterocycles. The van der Waals surface area contributed by atoms with Crippen molar-refractivity contribution in [3.63, 3.8) is 0 Å². The van der Waals surface area contributed by atoms with Crippen LogP contribution in [0.2, 0.25) is 0 Å². The maximum absolute atomic E-state index is 13.5. The lowest BCUT2D eigenvalue weighted by Crippen LogP contribution is -2.24. The van der Waals surface area contributed by atoms with Crippen LogP contribution in [-0.4, -0.2) is 23.5 Å². The molecule has 2 aromatic rings. The van der Waals surface area contributed by atoms with Crippen molar-refractivity contribution in [2.75, 3.05) is 11.9 Å². The molecule has 6 nitrogen and oxygen atoms in total. The van der Waals surface area contributed by atoms with Gasteiger partial charge in [0.1, 0.15) is 6.61 Å². The number of non-ortho nitro benzene ring substituents is 1. The van der Waals surface area contributed by atoms with Crippen molar-refractivity contribution in [1.29, 1.82) is 0 Å². The summed E-state index contributed by atoms with van der Waals surface area (Å²) in [6.07, 6.45) is 0. The molecule has 1 N–H and O–H groups in total. The molecule has 0 aromatic heterocycles. The van der Waals surface area contributed by atoms with Crippen molar-refractivity contribution < 1.29 is 27.6 Å². The van der Waals surface area contributed by atoms with Crippen LogP contribution in [0.15, 0.2) is 36.4 Å². The van der Waals surface area contributed by atoms with Gasteiger partial charge in [0.05, 0.1) is 22.2 Å². The Hall–Kier alpha value is -3.10. The third kappa shape index (κ3) is 4.46. The summed E-state index contributed by atoms with van der Waals surface area (Å²) in [5.74, 6) is -5.00. The van der Waals surface area contributed by atoms with Gasteiger partial charge < -0.3 is 10.1 Å². The Morgan fingerprint density at radius 2 is 1.80 bits per heavy atom. The number of nitrogens with zero attached hydrogens (tertiary/aromatic N) is 1. The number of anilines is 1. The van der Waals surface area contributed by atoms with E-state index in [1.807, 2.05) is 0 Å². The summed E-state index contributed by atoms with van der Waals surface area (Å²) in [6, 6.07) is 6.02. The molecule has 0 saturated heterocycles. The molecule has 0 aliphatic rings. The average Bonchev–Trinajstić information content (AvgIpc) is 2.60. The Balaban J connectivity index is 1.93. The summed E-state index contributed by atoms with van der Waals surface area (Å²) in [5.41, 5.74) is -0.324. The number of carbonyl (C=O) groups excluding carboxylic acids is 1. The first-order valence-electron chi connectivity index (χ1n) is 7.11. The zero-order valence-electron chi connectivity index (χ0n) is 13.0. The Bertz CT molecular complexity index is 797. The van der Waals surface area contributed by atoms with Crippen molar-refractivity contribution in [3.8, 4) is 0 Å². The summed E-state index contributed by atoms with van der Waals surface area (Å²) >= 11 is 0. The van der Waals surface area contributed by atoms with Crippen LogP contribution in [0.25, 0.3) is 0 Å². The molecular formula is C16H13F3N2O4. The average molecular weight is 354 g/mol. The molecule has 0 radical (unpaired) electrons. The van der Waals surface area contributed by atoms with Crippen LogP contribution >= 0.6 is 0 Å². The van der Waals surface area contributed by atoms with Gasteiger partial charge >= 0.3 is 5.97 Å². The van der Waals surface area contributed by atoms with Gasteiger partial charge in [0, 0.05) is 12.1 Å². The molecule has 1 atom stereocenters. The SMILES string of the molecule is CC(COC(=O)c1ccc([N+](=O)[O-])cc1)Nc1ccc(F)c(F)c1F. The number of halogens is 3. The van der Waals surface area contributed by atoms with Crippen molar-refractivity contribution in [2.24, 2.45) is 0 Å². The third-order valence-corrected chi connectivity index (χ3v) is 3.22. The second-order valence-corrected chi connectivity index (χ2v) is 5.17. The fourth-order valence-electron chi connectivity index (χ4n) is 1.95. The first-order chi connectivity index (χ1) is 11.8. The number of hydrogen-bond donors (Lipinski definition) is 1. The summed E-state index contributed by atoms with van der Waals surface area (Å²) < 4.78 is 44.5. The van der Waals surface area contributed by atoms with Crippen LogP contribution in [0.3, 0.4) is 0 Å². The molecule has 0 aliphatic heterocycles. The topological polar surface area (TPSA) is 81.5 Å². The molecule has 2 rings (SSSR count). The number of nitro benzene ring substituents is 1. The number of benzene rings is 2. The minimum atomic E-state index is -1.60.